The number of hydrogen-bond acceptors (Lipinski definition) is 4. The van der Waals surface area contributed by atoms with Gasteiger partial charge in [-0.1, -0.05) is 17.7 Å². The summed E-state index contributed by atoms with van der Waals surface area (Å²) < 4.78 is 5.09. The fourth-order valence-corrected chi connectivity index (χ4v) is 2.93. The second kappa shape index (κ2) is 5.68. The molecule has 118 valence electrons. The standard InChI is InChI=1S/C17H14ClNO4/c1-10-4-7-13(18)14-15(10)19-16(21)17(14,22)9-11(20)5-6-12-3-2-8-23-12/h2-8,22H,9H2,1H3,(H,19,21)/b6-5+. The number of ketones is 1. The minimum absolute atomic E-state index is 0.245. The monoisotopic (exact) mass is 331 g/mol. The van der Waals surface area contributed by atoms with Crippen molar-refractivity contribution >= 4 is 35.1 Å². The molecule has 1 unspecified atom stereocenters. The number of aryl methyl sites for hydroxylation is 1. The maximum atomic E-state index is 12.2. The average molecular weight is 332 g/mol. The largest absolute Gasteiger partial charge is 0.465 e. The number of nitrogens with one attached hydrogen (secondary N) is 1. The third kappa shape index (κ3) is 2.69. The maximum Gasteiger partial charge on any atom is 0.261 e. The fraction of sp³-hybridized carbons (Fsp3) is 0.176. The normalized spacial score (nSPS) is 19.9. The van der Waals surface area contributed by atoms with Crippen LogP contribution in [0.5, 0.6) is 0 Å². The van der Waals surface area contributed by atoms with Gasteiger partial charge in [0.05, 0.1) is 18.4 Å². The number of benzene rings is 1. The van der Waals surface area contributed by atoms with Gasteiger partial charge in [0.2, 0.25) is 0 Å². The Bertz CT molecular complexity index is 810. The third-order valence-corrected chi connectivity index (χ3v) is 4.11. The van der Waals surface area contributed by atoms with Gasteiger partial charge in [-0.05, 0) is 42.8 Å². The molecule has 6 heteroatoms. The van der Waals surface area contributed by atoms with Crippen LogP contribution in [0.15, 0.2) is 41.0 Å². The molecule has 1 atom stereocenters. The summed E-state index contributed by atoms with van der Waals surface area (Å²) in [5.41, 5.74) is -0.479. The topological polar surface area (TPSA) is 79.5 Å². The molecular formula is C17H14ClNO4. The van der Waals surface area contributed by atoms with Crippen molar-refractivity contribution < 1.29 is 19.1 Å². The summed E-state index contributed by atoms with van der Waals surface area (Å²) in [5, 5.41) is 13.6. The van der Waals surface area contributed by atoms with Crippen molar-refractivity contribution in [2.75, 3.05) is 5.32 Å². The van der Waals surface area contributed by atoms with E-state index in [1.54, 1.807) is 31.2 Å². The highest BCUT2D eigenvalue weighted by atomic mass is 35.5. The van der Waals surface area contributed by atoms with E-state index in [0.29, 0.717) is 11.4 Å². The molecule has 1 aliphatic rings. The molecule has 3 rings (SSSR count). The summed E-state index contributed by atoms with van der Waals surface area (Å²) in [5.74, 6) is -0.552. The Hall–Kier alpha value is -2.37. The van der Waals surface area contributed by atoms with E-state index in [-0.39, 0.29) is 10.6 Å². The highest BCUT2D eigenvalue weighted by Gasteiger charge is 2.48. The van der Waals surface area contributed by atoms with Crippen molar-refractivity contribution in [2.24, 2.45) is 0 Å². The highest BCUT2D eigenvalue weighted by molar-refractivity contribution is 6.33. The van der Waals surface area contributed by atoms with Crippen molar-refractivity contribution in [1.82, 2.24) is 0 Å². The number of anilines is 1. The number of allylic oxidation sites excluding steroid dienone is 1. The van der Waals surface area contributed by atoms with E-state index < -0.39 is 23.7 Å². The predicted molar refractivity (Wildman–Crippen MR) is 86.1 cm³/mol. The molecule has 1 aromatic carbocycles. The van der Waals surface area contributed by atoms with Crippen LogP contribution < -0.4 is 5.32 Å². The summed E-state index contributed by atoms with van der Waals surface area (Å²) in [6.07, 6.45) is 3.84. The van der Waals surface area contributed by atoms with Gasteiger partial charge in [0.1, 0.15) is 5.76 Å². The van der Waals surface area contributed by atoms with Crippen molar-refractivity contribution in [3.8, 4) is 0 Å². The number of fused-ring (bicyclic) bond motifs is 1. The van der Waals surface area contributed by atoms with Gasteiger partial charge in [0.25, 0.3) is 5.91 Å². The lowest BCUT2D eigenvalue weighted by Gasteiger charge is -2.20. The van der Waals surface area contributed by atoms with Crippen LogP contribution in [0, 0.1) is 6.92 Å². The number of halogens is 1. The molecule has 1 amide bonds. The Morgan fingerprint density at radius 2 is 2.22 bits per heavy atom. The molecule has 0 radical (unpaired) electrons. The number of rotatable bonds is 4. The number of carbonyl (C=O) groups is 2. The Balaban J connectivity index is 1.90. The number of amides is 1. The Labute approximate surface area is 137 Å². The second-order valence-electron chi connectivity index (χ2n) is 5.42. The van der Waals surface area contributed by atoms with E-state index in [0.717, 1.165) is 5.56 Å². The summed E-state index contributed by atoms with van der Waals surface area (Å²) in [4.78, 5) is 24.4. The minimum Gasteiger partial charge on any atom is -0.465 e. The van der Waals surface area contributed by atoms with Crippen molar-refractivity contribution in [1.29, 1.82) is 0 Å². The SMILES string of the molecule is Cc1ccc(Cl)c2c1NC(=O)C2(O)CC(=O)/C=C/c1ccco1. The zero-order valence-electron chi connectivity index (χ0n) is 12.3. The first kappa shape index (κ1) is 15.5. The quantitative estimate of drug-likeness (QED) is 0.844. The number of furan rings is 1. The lowest BCUT2D eigenvalue weighted by Crippen LogP contribution is -2.36. The summed E-state index contributed by atoms with van der Waals surface area (Å²) >= 11 is 6.14. The van der Waals surface area contributed by atoms with E-state index in [4.69, 9.17) is 16.0 Å². The maximum absolute atomic E-state index is 12.2. The van der Waals surface area contributed by atoms with Gasteiger partial charge in [-0.2, -0.15) is 0 Å². The summed E-state index contributed by atoms with van der Waals surface area (Å²) in [7, 11) is 0. The third-order valence-electron chi connectivity index (χ3n) is 3.80. The van der Waals surface area contributed by atoms with Gasteiger partial charge in [-0.25, -0.2) is 0 Å². The summed E-state index contributed by atoms with van der Waals surface area (Å²) in [6.45, 7) is 1.79. The van der Waals surface area contributed by atoms with Gasteiger partial charge in [-0.3, -0.25) is 9.59 Å². The molecule has 0 aliphatic carbocycles. The van der Waals surface area contributed by atoms with E-state index in [1.807, 2.05) is 0 Å². The highest BCUT2D eigenvalue weighted by Crippen LogP contribution is 2.44. The van der Waals surface area contributed by atoms with Gasteiger partial charge < -0.3 is 14.8 Å². The van der Waals surface area contributed by atoms with Crippen LogP contribution in [0.4, 0.5) is 5.69 Å². The van der Waals surface area contributed by atoms with Gasteiger partial charge in [0.15, 0.2) is 11.4 Å². The Morgan fingerprint density at radius 3 is 2.91 bits per heavy atom. The number of aliphatic hydroxyl groups is 1. The van der Waals surface area contributed by atoms with E-state index in [2.05, 4.69) is 5.32 Å². The molecule has 2 N–H and O–H groups in total. The van der Waals surface area contributed by atoms with Crippen LogP contribution in [0.1, 0.15) is 23.3 Å². The molecule has 2 heterocycles. The molecule has 1 aliphatic heterocycles. The zero-order chi connectivity index (χ0) is 16.6. The summed E-state index contributed by atoms with van der Waals surface area (Å²) in [6, 6.07) is 6.73. The van der Waals surface area contributed by atoms with Crippen LogP contribution in [0.25, 0.3) is 6.08 Å². The van der Waals surface area contributed by atoms with Crippen LogP contribution in [0.3, 0.4) is 0 Å². The molecule has 0 saturated carbocycles. The lowest BCUT2D eigenvalue weighted by molar-refractivity contribution is -0.138. The van der Waals surface area contributed by atoms with E-state index in [9.17, 15) is 14.7 Å². The first-order chi connectivity index (χ1) is 10.9. The molecule has 0 fully saturated rings. The van der Waals surface area contributed by atoms with Crippen molar-refractivity contribution in [3.63, 3.8) is 0 Å². The van der Waals surface area contributed by atoms with Crippen LogP contribution in [-0.2, 0) is 15.2 Å². The number of hydrogen-bond donors (Lipinski definition) is 2. The molecule has 2 aromatic rings. The second-order valence-corrected chi connectivity index (χ2v) is 5.83. The van der Waals surface area contributed by atoms with Crippen LogP contribution in [0.2, 0.25) is 5.02 Å². The van der Waals surface area contributed by atoms with Crippen molar-refractivity contribution in [2.45, 2.75) is 18.9 Å². The van der Waals surface area contributed by atoms with E-state index in [1.165, 1.54) is 18.4 Å². The molecule has 0 spiro atoms. The zero-order valence-corrected chi connectivity index (χ0v) is 13.1. The minimum atomic E-state index is -1.97. The fourth-order valence-electron chi connectivity index (χ4n) is 2.62. The molecule has 0 bridgehead atoms. The first-order valence-electron chi connectivity index (χ1n) is 6.99. The molecule has 23 heavy (non-hydrogen) atoms. The molecule has 1 aromatic heterocycles. The van der Waals surface area contributed by atoms with Gasteiger partial charge in [0, 0.05) is 10.6 Å². The van der Waals surface area contributed by atoms with Gasteiger partial charge >= 0.3 is 0 Å². The van der Waals surface area contributed by atoms with E-state index >= 15 is 0 Å². The Morgan fingerprint density at radius 1 is 1.43 bits per heavy atom. The lowest BCUT2D eigenvalue weighted by atomic mass is 9.89. The molecular weight excluding hydrogens is 318 g/mol. The molecule has 0 saturated heterocycles. The van der Waals surface area contributed by atoms with Crippen molar-refractivity contribution in [3.05, 3.63) is 58.5 Å². The van der Waals surface area contributed by atoms with Crippen LogP contribution in [-0.4, -0.2) is 16.8 Å². The van der Waals surface area contributed by atoms with Gasteiger partial charge in [-0.15, -0.1) is 0 Å². The van der Waals surface area contributed by atoms with Crippen LogP contribution >= 0.6 is 11.6 Å². The molecule has 5 nitrogen and oxygen atoms in total. The Kier molecular flexibility index (Phi) is 3.83. The predicted octanol–water partition coefficient (Wildman–Crippen LogP) is 3.05. The number of carbonyl (C=O) groups excluding carboxylic acids is 2. The smallest absolute Gasteiger partial charge is 0.261 e. The average Bonchev–Trinajstić information content (AvgIpc) is 3.09. The first-order valence-corrected chi connectivity index (χ1v) is 7.37.